The molecule has 2 aromatic rings. The van der Waals surface area contributed by atoms with Crippen LogP contribution in [-0.4, -0.2) is 4.98 Å². The molecule has 0 fully saturated rings. The molecule has 0 aliphatic carbocycles. The van der Waals surface area contributed by atoms with Gasteiger partial charge in [-0.3, -0.25) is 0 Å². The van der Waals surface area contributed by atoms with Crippen LogP contribution >= 0.6 is 34.8 Å². The molecule has 1 N–H and O–H groups in total. The molecule has 1 heterocycles. The summed E-state index contributed by atoms with van der Waals surface area (Å²) in [6, 6.07) is 9.70. The molecule has 0 saturated heterocycles. The quantitative estimate of drug-likeness (QED) is 0.675. The van der Waals surface area contributed by atoms with Gasteiger partial charge < -0.3 is 5.32 Å². The van der Waals surface area contributed by atoms with E-state index in [9.17, 15) is 0 Å². The highest BCUT2D eigenvalue weighted by molar-refractivity contribution is 6.43. The Morgan fingerprint density at radius 1 is 0.950 bits per heavy atom. The number of nitrogens with zero attached hydrogens (tertiary/aromatic N) is 1. The highest BCUT2D eigenvalue weighted by atomic mass is 35.5. The van der Waals surface area contributed by atoms with Crippen molar-refractivity contribution >= 4 is 46.3 Å². The number of hydrogen-bond acceptors (Lipinski definition) is 2. The lowest BCUT2D eigenvalue weighted by Gasteiger charge is -2.19. The molecule has 0 amide bonds. The standard InChI is InChI=1S/C15H15Cl3N2/c1-15(2,3)9-4-6-10(7-5-9)19-14-12(17)8-11(16)13(18)20-14/h4-8H,1-3H3,(H,19,20). The number of benzene rings is 1. The van der Waals surface area contributed by atoms with Crippen LogP contribution in [0.15, 0.2) is 30.3 Å². The molecule has 0 aliphatic rings. The second-order valence-corrected chi connectivity index (χ2v) is 6.72. The van der Waals surface area contributed by atoms with E-state index in [0.29, 0.717) is 15.9 Å². The van der Waals surface area contributed by atoms with Crippen molar-refractivity contribution in [1.82, 2.24) is 4.98 Å². The third-order valence-electron chi connectivity index (χ3n) is 2.90. The molecule has 2 rings (SSSR count). The topological polar surface area (TPSA) is 24.9 Å². The lowest BCUT2D eigenvalue weighted by Crippen LogP contribution is -2.10. The lowest BCUT2D eigenvalue weighted by molar-refractivity contribution is 0.590. The van der Waals surface area contributed by atoms with E-state index in [4.69, 9.17) is 34.8 Å². The molecule has 20 heavy (non-hydrogen) atoms. The Kier molecular flexibility index (Phi) is 4.48. The summed E-state index contributed by atoms with van der Waals surface area (Å²) < 4.78 is 0. The summed E-state index contributed by atoms with van der Waals surface area (Å²) in [6.07, 6.45) is 0. The molecule has 1 aromatic heterocycles. The van der Waals surface area contributed by atoms with Crippen molar-refractivity contribution in [3.05, 3.63) is 51.1 Å². The monoisotopic (exact) mass is 328 g/mol. The third kappa shape index (κ3) is 3.57. The van der Waals surface area contributed by atoms with Crippen molar-refractivity contribution < 1.29 is 0 Å². The molecule has 106 valence electrons. The predicted molar refractivity (Wildman–Crippen MR) is 87.7 cm³/mol. The second-order valence-electron chi connectivity index (χ2n) is 5.54. The molecule has 0 saturated carbocycles. The Balaban J connectivity index is 2.25. The maximum Gasteiger partial charge on any atom is 0.151 e. The molecule has 0 bridgehead atoms. The number of halogens is 3. The molecule has 5 heteroatoms. The normalized spacial score (nSPS) is 11.5. The average Bonchev–Trinajstić information content (AvgIpc) is 2.35. The van der Waals surface area contributed by atoms with Gasteiger partial charge in [-0.05, 0) is 29.2 Å². The Morgan fingerprint density at radius 2 is 1.55 bits per heavy atom. The molecule has 0 spiro atoms. The molecule has 0 aliphatic heterocycles. The number of pyridine rings is 1. The van der Waals surface area contributed by atoms with Crippen molar-refractivity contribution in [2.24, 2.45) is 0 Å². The van der Waals surface area contributed by atoms with Gasteiger partial charge in [-0.25, -0.2) is 4.98 Å². The van der Waals surface area contributed by atoms with Crippen molar-refractivity contribution in [2.75, 3.05) is 5.32 Å². The maximum absolute atomic E-state index is 6.09. The van der Waals surface area contributed by atoms with E-state index in [2.05, 4.69) is 43.2 Å². The summed E-state index contributed by atoms with van der Waals surface area (Å²) in [5, 5.41) is 4.13. The van der Waals surface area contributed by atoms with Crippen LogP contribution in [0.1, 0.15) is 26.3 Å². The summed E-state index contributed by atoms with van der Waals surface area (Å²) >= 11 is 17.8. The van der Waals surface area contributed by atoms with E-state index >= 15 is 0 Å². The van der Waals surface area contributed by atoms with Crippen LogP contribution in [0.5, 0.6) is 0 Å². The van der Waals surface area contributed by atoms with Gasteiger partial charge >= 0.3 is 0 Å². The molecule has 0 atom stereocenters. The minimum atomic E-state index is 0.123. The Hall–Kier alpha value is -0.960. The van der Waals surface area contributed by atoms with Gasteiger partial charge in [-0.1, -0.05) is 67.7 Å². The Morgan fingerprint density at radius 3 is 2.10 bits per heavy atom. The fourth-order valence-corrected chi connectivity index (χ4v) is 2.27. The van der Waals surface area contributed by atoms with Crippen LogP contribution < -0.4 is 5.32 Å². The molecule has 2 nitrogen and oxygen atoms in total. The summed E-state index contributed by atoms with van der Waals surface area (Å²) in [4.78, 5) is 4.13. The third-order valence-corrected chi connectivity index (χ3v) is 3.86. The van der Waals surface area contributed by atoms with Gasteiger partial charge in [0, 0.05) is 5.69 Å². The predicted octanol–water partition coefficient (Wildman–Crippen LogP) is 6.08. The van der Waals surface area contributed by atoms with E-state index in [0.717, 1.165) is 5.69 Å². The van der Waals surface area contributed by atoms with E-state index in [1.54, 1.807) is 6.07 Å². The summed E-state index contributed by atoms with van der Waals surface area (Å²) in [6.45, 7) is 6.52. The minimum Gasteiger partial charge on any atom is -0.339 e. The van der Waals surface area contributed by atoms with E-state index in [1.165, 1.54) is 5.56 Å². The van der Waals surface area contributed by atoms with Crippen LogP contribution in [0.25, 0.3) is 0 Å². The van der Waals surface area contributed by atoms with Crippen molar-refractivity contribution in [3.63, 3.8) is 0 Å². The summed E-state index contributed by atoms with van der Waals surface area (Å²) in [5.41, 5.74) is 2.28. The lowest BCUT2D eigenvalue weighted by atomic mass is 9.87. The second kappa shape index (κ2) is 5.80. The molecular weight excluding hydrogens is 315 g/mol. The number of nitrogens with one attached hydrogen (secondary N) is 1. The van der Waals surface area contributed by atoms with E-state index < -0.39 is 0 Å². The van der Waals surface area contributed by atoms with Crippen LogP contribution in [0, 0.1) is 0 Å². The average molecular weight is 330 g/mol. The van der Waals surface area contributed by atoms with Gasteiger partial charge in [0.25, 0.3) is 0 Å². The highest BCUT2D eigenvalue weighted by Crippen LogP contribution is 2.31. The Bertz CT molecular complexity index is 616. The van der Waals surface area contributed by atoms with Crippen molar-refractivity contribution in [1.29, 1.82) is 0 Å². The van der Waals surface area contributed by atoms with E-state index in [1.807, 2.05) is 12.1 Å². The number of aromatic nitrogens is 1. The zero-order valence-electron chi connectivity index (χ0n) is 11.5. The summed E-state index contributed by atoms with van der Waals surface area (Å²) in [5.74, 6) is 0.490. The fraction of sp³-hybridized carbons (Fsp3) is 0.267. The SMILES string of the molecule is CC(C)(C)c1ccc(Nc2nc(Cl)c(Cl)cc2Cl)cc1. The van der Waals surface area contributed by atoms with Crippen molar-refractivity contribution in [3.8, 4) is 0 Å². The van der Waals surface area contributed by atoms with E-state index in [-0.39, 0.29) is 10.6 Å². The fourth-order valence-electron chi connectivity index (χ4n) is 1.72. The zero-order chi connectivity index (χ0) is 14.9. The smallest absolute Gasteiger partial charge is 0.151 e. The molecule has 0 unspecified atom stereocenters. The van der Waals surface area contributed by atoms with Crippen LogP contribution in [0.2, 0.25) is 15.2 Å². The maximum atomic E-state index is 6.09. The number of hydrogen-bond donors (Lipinski definition) is 1. The van der Waals surface area contributed by atoms with Crippen LogP contribution in [-0.2, 0) is 5.41 Å². The summed E-state index contributed by atoms with van der Waals surface area (Å²) in [7, 11) is 0. The first kappa shape index (κ1) is 15.4. The van der Waals surface area contributed by atoms with Gasteiger partial charge in [0.2, 0.25) is 0 Å². The van der Waals surface area contributed by atoms with Crippen LogP contribution in [0.4, 0.5) is 11.5 Å². The number of rotatable bonds is 2. The first-order valence-electron chi connectivity index (χ1n) is 6.16. The van der Waals surface area contributed by atoms with Crippen LogP contribution in [0.3, 0.4) is 0 Å². The zero-order valence-corrected chi connectivity index (χ0v) is 13.7. The van der Waals surface area contributed by atoms with Gasteiger partial charge in [-0.15, -0.1) is 0 Å². The first-order valence-corrected chi connectivity index (χ1v) is 7.30. The molecule has 1 aromatic carbocycles. The molecule has 0 radical (unpaired) electrons. The van der Waals surface area contributed by atoms with Gasteiger partial charge in [-0.2, -0.15) is 0 Å². The first-order chi connectivity index (χ1) is 9.27. The van der Waals surface area contributed by atoms with Gasteiger partial charge in [0.05, 0.1) is 10.0 Å². The highest BCUT2D eigenvalue weighted by Gasteiger charge is 2.13. The number of anilines is 2. The molecular formula is C15H15Cl3N2. The largest absolute Gasteiger partial charge is 0.339 e. The minimum absolute atomic E-state index is 0.123. The Labute approximate surface area is 134 Å². The van der Waals surface area contributed by atoms with Gasteiger partial charge in [0.15, 0.2) is 5.82 Å². The van der Waals surface area contributed by atoms with Gasteiger partial charge in [0.1, 0.15) is 5.15 Å². The van der Waals surface area contributed by atoms with Crippen molar-refractivity contribution in [2.45, 2.75) is 26.2 Å².